The number of carbonyl (C=O) groups excluding carboxylic acids is 3. The summed E-state index contributed by atoms with van der Waals surface area (Å²) >= 11 is 0.329. The van der Waals surface area contributed by atoms with Gasteiger partial charge < -0.3 is 24.6 Å². The molecule has 3 aliphatic heterocycles. The second kappa shape index (κ2) is 15.9. The number of benzene rings is 1. The highest BCUT2D eigenvalue weighted by Crippen LogP contribution is 2.44. The minimum absolute atomic E-state index is 0.00508. The number of halogens is 7. The van der Waals surface area contributed by atoms with Crippen LogP contribution in [0, 0.1) is 5.82 Å². The summed E-state index contributed by atoms with van der Waals surface area (Å²) in [6, 6.07) is 3.71. The monoisotopic (exact) mass is 784 g/mol. The fourth-order valence-electron chi connectivity index (χ4n) is 7.71. The van der Waals surface area contributed by atoms with E-state index in [4.69, 9.17) is 9.47 Å². The van der Waals surface area contributed by atoms with E-state index in [9.17, 15) is 40.3 Å². The van der Waals surface area contributed by atoms with Crippen molar-refractivity contribution in [3.8, 4) is 5.75 Å². The molecular weight excluding hydrogens is 745 g/mol. The SMILES string of the molecule is CCC[C@H]1N(C(=O)c2ncccc2C(F)(F)F)CCC[C@@]1(Oc1csc(C(F)(F)F)c1)C(=O)N1CCc2ccc(F)cc2[C@@H]1C(=O)CNC1CCOCC1. The number of rotatable bonds is 10. The van der Waals surface area contributed by atoms with E-state index in [1.807, 2.05) is 0 Å². The van der Waals surface area contributed by atoms with Crippen LogP contribution < -0.4 is 10.1 Å². The lowest BCUT2D eigenvalue weighted by Crippen LogP contribution is -2.69. The van der Waals surface area contributed by atoms with Crippen LogP contribution in [0.1, 0.15) is 83.5 Å². The van der Waals surface area contributed by atoms with E-state index >= 15 is 4.79 Å². The molecule has 2 aromatic heterocycles. The molecule has 0 unspecified atom stereocenters. The maximum atomic E-state index is 15.4. The number of fused-ring (bicyclic) bond motifs is 1. The highest BCUT2D eigenvalue weighted by Gasteiger charge is 2.57. The Labute approximate surface area is 310 Å². The molecule has 0 aliphatic carbocycles. The van der Waals surface area contributed by atoms with Gasteiger partial charge in [0.25, 0.3) is 11.8 Å². The van der Waals surface area contributed by atoms with Crippen molar-refractivity contribution >= 4 is 28.9 Å². The zero-order chi connectivity index (χ0) is 38.8. The summed E-state index contributed by atoms with van der Waals surface area (Å²) in [5.41, 5.74) is -3.51. The zero-order valence-electron chi connectivity index (χ0n) is 29.3. The first-order chi connectivity index (χ1) is 25.6. The summed E-state index contributed by atoms with van der Waals surface area (Å²) in [6.45, 7) is 2.31. The summed E-state index contributed by atoms with van der Waals surface area (Å²) in [4.78, 5) is 48.8. The third-order valence-corrected chi connectivity index (χ3v) is 11.2. The largest absolute Gasteiger partial charge is 0.474 e. The van der Waals surface area contributed by atoms with Gasteiger partial charge in [0.15, 0.2) is 5.78 Å². The summed E-state index contributed by atoms with van der Waals surface area (Å²) < 4.78 is 110. The number of thiophene rings is 1. The van der Waals surface area contributed by atoms with Crippen LogP contribution >= 0.6 is 11.3 Å². The highest BCUT2D eigenvalue weighted by atomic mass is 32.1. The summed E-state index contributed by atoms with van der Waals surface area (Å²) in [7, 11) is 0. The normalized spacial score (nSPS) is 22.5. The Morgan fingerprint density at radius 3 is 2.48 bits per heavy atom. The molecule has 17 heteroatoms. The van der Waals surface area contributed by atoms with E-state index in [2.05, 4.69) is 10.3 Å². The van der Waals surface area contributed by atoms with Crippen molar-refractivity contribution in [2.75, 3.05) is 32.8 Å². The van der Waals surface area contributed by atoms with Gasteiger partial charge in [0.05, 0.1) is 18.2 Å². The molecule has 3 aromatic rings. The number of ketones is 1. The minimum atomic E-state index is -4.95. The van der Waals surface area contributed by atoms with Gasteiger partial charge >= 0.3 is 12.4 Å². The van der Waals surface area contributed by atoms with E-state index in [1.54, 1.807) is 6.92 Å². The van der Waals surface area contributed by atoms with Crippen molar-refractivity contribution in [3.63, 3.8) is 0 Å². The van der Waals surface area contributed by atoms with Crippen LogP contribution in [0.3, 0.4) is 0 Å². The number of ether oxygens (including phenoxy) is 2. The van der Waals surface area contributed by atoms with Crippen LogP contribution in [-0.4, -0.2) is 82.9 Å². The fourth-order valence-corrected chi connectivity index (χ4v) is 8.39. The second-order valence-corrected chi connectivity index (χ2v) is 14.6. The summed E-state index contributed by atoms with van der Waals surface area (Å²) in [5.74, 6) is -3.46. The van der Waals surface area contributed by atoms with Crippen molar-refractivity contribution in [3.05, 3.63) is 81.1 Å². The Hall–Kier alpha value is -4.09. The molecule has 1 aromatic carbocycles. The summed E-state index contributed by atoms with van der Waals surface area (Å²) in [6.07, 6.45) is -7.07. The first kappa shape index (κ1) is 39.6. The van der Waals surface area contributed by atoms with Gasteiger partial charge in [-0.1, -0.05) is 19.4 Å². The zero-order valence-corrected chi connectivity index (χ0v) is 30.1. The molecule has 1 N–H and O–H groups in total. The fraction of sp³-hybridized carbons (Fsp3) is 0.514. The van der Waals surface area contributed by atoms with Crippen LogP contribution in [0.5, 0.6) is 5.75 Å². The third-order valence-electron chi connectivity index (χ3n) is 10.2. The molecule has 2 saturated heterocycles. The molecule has 292 valence electrons. The molecule has 54 heavy (non-hydrogen) atoms. The van der Waals surface area contributed by atoms with Gasteiger partial charge in [0.2, 0.25) is 5.60 Å². The van der Waals surface area contributed by atoms with Crippen molar-refractivity contribution < 1.29 is 54.6 Å². The minimum Gasteiger partial charge on any atom is -0.474 e. The first-order valence-electron chi connectivity index (χ1n) is 17.7. The van der Waals surface area contributed by atoms with Crippen LogP contribution in [0.4, 0.5) is 30.7 Å². The third kappa shape index (κ3) is 8.13. The lowest BCUT2D eigenvalue weighted by molar-refractivity contribution is -0.164. The molecule has 3 aliphatic rings. The number of carbonyl (C=O) groups is 3. The maximum Gasteiger partial charge on any atom is 0.425 e. The van der Waals surface area contributed by atoms with Crippen molar-refractivity contribution in [2.24, 2.45) is 0 Å². The molecular formula is C37H39F7N4O5S. The Balaban J connectivity index is 1.45. The van der Waals surface area contributed by atoms with Gasteiger partial charge in [0.1, 0.15) is 28.2 Å². The molecule has 9 nitrogen and oxygen atoms in total. The Bertz CT molecular complexity index is 1850. The maximum absolute atomic E-state index is 15.4. The standard InChI is InChI=1S/C37H39F7N4O5S/c1-2-5-29-35(53-25-19-30(54-21-25)37(42,43)44,12-4-14-47(29)33(50)31-27(36(39,40)41)6-3-13-45-31)34(51)48-15-9-22-7-8-23(38)18-26(22)32(48)28(49)20-46-24-10-16-52-17-11-24/h3,6-8,13,18-19,21,24,29,32,46H,2,4-5,9-12,14-17,20H2,1H3/t29-,32-,35+/m1/s1. The molecule has 6 rings (SSSR count). The molecule has 0 bridgehead atoms. The highest BCUT2D eigenvalue weighted by molar-refractivity contribution is 7.10. The number of nitrogens with one attached hydrogen (secondary N) is 1. The van der Waals surface area contributed by atoms with Crippen LogP contribution in [-0.2, 0) is 33.1 Å². The molecule has 0 spiro atoms. The lowest BCUT2D eigenvalue weighted by atomic mass is 9.78. The van der Waals surface area contributed by atoms with Crippen molar-refractivity contribution in [2.45, 2.75) is 87.9 Å². The predicted molar refractivity (Wildman–Crippen MR) is 182 cm³/mol. The Morgan fingerprint density at radius 2 is 1.80 bits per heavy atom. The summed E-state index contributed by atoms with van der Waals surface area (Å²) in [5, 5.41) is 4.28. The average Bonchev–Trinajstić information content (AvgIpc) is 3.63. The van der Waals surface area contributed by atoms with Gasteiger partial charge in [-0.05, 0) is 67.5 Å². The number of hydrogen-bond acceptors (Lipinski definition) is 8. The second-order valence-electron chi connectivity index (χ2n) is 13.7. The smallest absolute Gasteiger partial charge is 0.425 e. The van der Waals surface area contributed by atoms with Crippen LogP contribution in [0.2, 0.25) is 0 Å². The number of amides is 2. The lowest BCUT2D eigenvalue weighted by Gasteiger charge is -2.51. The Morgan fingerprint density at radius 1 is 1.04 bits per heavy atom. The first-order valence-corrected chi connectivity index (χ1v) is 18.6. The van der Waals surface area contributed by atoms with E-state index in [0.717, 1.165) is 28.6 Å². The quantitative estimate of drug-likeness (QED) is 0.221. The van der Waals surface area contributed by atoms with E-state index in [0.29, 0.717) is 49.0 Å². The van der Waals surface area contributed by atoms with Gasteiger partial charge in [-0.3, -0.25) is 19.4 Å². The Kier molecular flexibility index (Phi) is 11.7. The predicted octanol–water partition coefficient (Wildman–Crippen LogP) is 7.01. The molecule has 2 amide bonds. The number of pyridine rings is 1. The number of aromatic nitrogens is 1. The van der Waals surface area contributed by atoms with Gasteiger partial charge in [0, 0.05) is 56.4 Å². The van der Waals surface area contributed by atoms with Crippen LogP contribution in [0.15, 0.2) is 48.0 Å². The molecule has 3 atom stereocenters. The molecule has 0 saturated carbocycles. The number of Topliss-reactive ketones (excluding diaryl/α,β-unsaturated/α-hetero) is 1. The number of piperidine rings is 1. The molecule has 0 radical (unpaired) electrons. The molecule has 2 fully saturated rings. The van der Waals surface area contributed by atoms with Gasteiger partial charge in [-0.15, -0.1) is 11.3 Å². The number of alkyl halides is 6. The number of likely N-dealkylation sites (tertiary alicyclic amines) is 1. The van der Waals surface area contributed by atoms with E-state index in [1.165, 1.54) is 23.1 Å². The van der Waals surface area contributed by atoms with Crippen molar-refractivity contribution in [1.82, 2.24) is 20.1 Å². The van der Waals surface area contributed by atoms with E-state index in [-0.39, 0.29) is 69.1 Å². The number of nitrogens with zero attached hydrogens (tertiary/aromatic N) is 3. The van der Waals surface area contributed by atoms with E-state index < -0.39 is 69.6 Å². The van der Waals surface area contributed by atoms with Gasteiger partial charge in [-0.25, -0.2) is 4.39 Å². The van der Waals surface area contributed by atoms with Crippen LogP contribution in [0.25, 0.3) is 0 Å². The van der Waals surface area contributed by atoms with Gasteiger partial charge in [-0.2, -0.15) is 26.3 Å². The van der Waals surface area contributed by atoms with Crippen molar-refractivity contribution in [1.29, 1.82) is 0 Å². The topological polar surface area (TPSA) is 101 Å². The molecule has 5 heterocycles. The number of hydrogen-bond donors (Lipinski definition) is 1. The average molecular weight is 785 g/mol.